The summed E-state index contributed by atoms with van der Waals surface area (Å²) in [6.07, 6.45) is 8.56. The summed E-state index contributed by atoms with van der Waals surface area (Å²) in [5.74, 6) is 0.790. The lowest BCUT2D eigenvalue weighted by Gasteiger charge is -2.23. The Balaban J connectivity index is 1.93. The van der Waals surface area contributed by atoms with Gasteiger partial charge < -0.3 is 11.1 Å². The number of hydrogen-bond acceptors (Lipinski definition) is 4. The molecule has 0 radical (unpaired) electrons. The van der Waals surface area contributed by atoms with Gasteiger partial charge >= 0.3 is 0 Å². The molecule has 92 valence electrons. The highest BCUT2D eigenvalue weighted by molar-refractivity contribution is 7.80. The summed E-state index contributed by atoms with van der Waals surface area (Å²) < 4.78 is 0. The predicted molar refractivity (Wildman–Crippen MR) is 73.0 cm³/mol. The zero-order chi connectivity index (χ0) is 12.3. The van der Waals surface area contributed by atoms with E-state index in [4.69, 9.17) is 18.0 Å². The monoisotopic (exact) mass is 250 g/mol. The molecule has 3 N–H and O–H groups in total. The van der Waals surface area contributed by atoms with Crippen LogP contribution < -0.4 is 11.1 Å². The zero-order valence-electron chi connectivity index (χ0n) is 10.1. The third kappa shape index (κ3) is 3.12. The first-order chi connectivity index (χ1) is 8.09. The van der Waals surface area contributed by atoms with Gasteiger partial charge in [0.2, 0.25) is 0 Å². The van der Waals surface area contributed by atoms with Crippen molar-refractivity contribution in [2.75, 3.05) is 11.9 Å². The van der Waals surface area contributed by atoms with Crippen LogP contribution in [-0.2, 0) is 0 Å². The molecule has 1 fully saturated rings. The van der Waals surface area contributed by atoms with Crippen LogP contribution in [0.2, 0.25) is 0 Å². The van der Waals surface area contributed by atoms with Gasteiger partial charge in [0.15, 0.2) is 0 Å². The van der Waals surface area contributed by atoms with E-state index in [-0.39, 0.29) is 4.99 Å². The summed E-state index contributed by atoms with van der Waals surface area (Å²) in [6, 6.07) is 0. The number of hydrogen-bond donors (Lipinski definition) is 2. The molecule has 0 aliphatic heterocycles. The minimum atomic E-state index is 0.284. The molecule has 1 aliphatic carbocycles. The van der Waals surface area contributed by atoms with Gasteiger partial charge in [-0.15, -0.1) is 0 Å². The second-order valence-corrected chi connectivity index (χ2v) is 5.46. The van der Waals surface area contributed by atoms with Gasteiger partial charge in [-0.3, -0.25) is 0 Å². The van der Waals surface area contributed by atoms with Gasteiger partial charge in [0.05, 0.1) is 12.4 Å². The molecule has 0 bridgehead atoms. The fourth-order valence-electron chi connectivity index (χ4n) is 2.26. The Bertz CT molecular complexity index is 395. The summed E-state index contributed by atoms with van der Waals surface area (Å²) >= 11 is 4.83. The molecule has 0 amide bonds. The summed E-state index contributed by atoms with van der Waals surface area (Å²) in [5.41, 5.74) is 6.44. The summed E-state index contributed by atoms with van der Waals surface area (Å²) in [4.78, 5) is 8.69. The number of nitrogens with zero attached hydrogens (tertiary/aromatic N) is 2. The molecule has 0 spiro atoms. The van der Waals surface area contributed by atoms with E-state index in [0.717, 1.165) is 12.4 Å². The van der Waals surface area contributed by atoms with Gasteiger partial charge in [0.1, 0.15) is 16.5 Å². The molecule has 0 aromatic carbocycles. The van der Waals surface area contributed by atoms with Crippen LogP contribution in [0.25, 0.3) is 0 Å². The first-order valence-corrected chi connectivity index (χ1v) is 6.36. The second kappa shape index (κ2) is 4.96. The van der Waals surface area contributed by atoms with Gasteiger partial charge in [-0.05, 0) is 18.3 Å². The Kier molecular flexibility index (Phi) is 3.57. The Labute approximate surface area is 107 Å². The minimum Gasteiger partial charge on any atom is -0.388 e. The average Bonchev–Trinajstić information content (AvgIpc) is 2.75. The molecule has 0 unspecified atom stereocenters. The van der Waals surface area contributed by atoms with Crippen LogP contribution in [0, 0.1) is 5.41 Å². The Hall–Kier alpha value is -1.23. The Morgan fingerprint density at radius 2 is 2.12 bits per heavy atom. The van der Waals surface area contributed by atoms with E-state index < -0.39 is 0 Å². The van der Waals surface area contributed by atoms with E-state index in [1.165, 1.54) is 25.7 Å². The smallest absolute Gasteiger partial charge is 0.144 e. The maximum absolute atomic E-state index is 5.47. The number of nitrogens with two attached hydrogens (primary N) is 1. The van der Waals surface area contributed by atoms with E-state index in [1.807, 2.05) is 0 Å². The van der Waals surface area contributed by atoms with Crippen molar-refractivity contribution in [3.63, 3.8) is 0 Å². The van der Waals surface area contributed by atoms with Crippen LogP contribution >= 0.6 is 12.2 Å². The van der Waals surface area contributed by atoms with Gasteiger partial charge in [0, 0.05) is 6.54 Å². The minimum absolute atomic E-state index is 0.284. The van der Waals surface area contributed by atoms with Crippen LogP contribution in [0.3, 0.4) is 0 Å². The van der Waals surface area contributed by atoms with Crippen molar-refractivity contribution >= 4 is 23.0 Å². The Morgan fingerprint density at radius 1 is 1.41 bits per heavy atom. The normalized spacial score (nSPS) is 17.9. The molecule has 1 heterocycles. The molecule has 1 saturated carbocycles. The Morgan fingerprint density at radius 3 is 2.65 bits per heavy atom. The third-order valence-electron chi connectivity index (χ3n) is 3.41. The fraction of sp³-hybridized carbons (Fsp3) is 0.583. The van der Waals surface area contributed by atoms with E-state index in [1.54, 1.807) is 12.4 Å². The van der Waals surface area contributed by atoms with Gasteiger partial charge in [0.25, 0.3) is 0 Å². The lowest BCUT2D eigenvalue weighted by atomic mass is 9.89. The van der Waals surface area contributed by atoms with E-state index >= 15 is 0 Å². The first-order valence-electron chi connectivity index (χ1n) is 5.95. The zero-order valence-corrected chi connectivity index (χ0v) is 10.9. The summed E-state index contributed by atoms with van der Waals surface area (Å²) in [5, 5.41) is 3.34. The highest BCUT2D eigenvalue weighted by Gasteiger charge is 2.28. The number of aromatic nitrogens is 2. The van der Waals surface area contributed by atoms with Crippen LogP contribution in [0.1, 0.15) is 38.3 Å². The van der Waals surface area contributed by atoms with E-state index in [2.05, 4.69) is 22.2 Å². The van der Waals surface area contributed by atoms with E-state index in [9.17, 15) is 0 Å². The van der Waals surface area contributed by atoms with Crippen molar-refractivity contribution in [3.05, 3.63) is 18.1 Å². The van der Waals surface area contributed by atoms with Crippen molar-refractivity contribution in [3.8, 4) is 0 Å². The van der Waals surface area contributed by atoms with Crippen molar-refractivity contribution in [2.24, 2.45) is 11.1 Å². The van der Waals surface area contributed by atoms with Gasteiger partial charge in [-0.25, -0.2) is 9.97 Å². The molecule has 0 saturated heterocycles. The van der Waals surface area contributed by atoms with Crippen LogP contribution in [0.5, 0.6) is 0 Å². The number of thiocarbonyl (C=S) groups is 1. The molecular weight excluding hydrogens is 232 g/mol. The summed E-state index contributed by atoms with van der Waals surface area (Å²) in [7, 11) is 0. The maximum atomic E-state index is 5.47. The molecule has 2 rings (SSSR count). The van der Waals surface area contributed by atoms with Gasteiger partial charge in [-0.2, -0.15) is 0 Å². The highest BCUT2D eigenvalue weighted by Crippen LogP contribution is 2.37. The quantitative estimate of drug-likeness (QED) is 0.801. The molecule has 5 heteroatoms. The van der Waals surface area contributed by atoms with Crippen molar-refractivity contribution in [1.29, 1.82) is 0 Å². The van der Waals surface area contributed by atoms with Gasteiger partial charge in [-0.1, -0.05) is 32.0 Å². The van der Waals surface area contributed by atoms with Crippen LogP contribution in [0.15, 0.2) is 12.4 Å². The largest absolute Gasteiger partial charge is 0.388 e. The topological polar surface area (TPSA) is 63.8 Å². The van der Waals surface area contributed by atoms with E-state index in [0.29, 0.717) is 11.1 Å². The SMILES string of the molecule is CC1(CNc2cnc(C(N)=S)cn2)CCCC1. The molecular formula is C12H18N4S. The van der Waals surface area contributed by atoms with Crippen molar-refractivity contribution in [2.45, 2.75) is 32.6 Å². The maximum Gasteiger partial charge on any atom is 0.144 e. The third-order valence-corrected chi connectivity index (χ3v) is 3.62. The standard InChI is InChI=1S/C12H18N4S/c1-12(4-2-3-5-12)8-16-10-7-14-9(6-15-10)11(13)17/h6-7H,2-5,8H2,1H3,(H2,13,17)(H,15,16). The lowest BCUT2D eigenvalue weighted by Crippen LogP contribution is -2.23. The first kappa shape index (κ1) is 12.2. The average molecular weight is 250 g/mol. The van der Waals surface area contributed by atoms with Crippen LogP contribution in [0.4, 0.5) is 5.82 Å². The fourth-order valence-corrected chi connectivity index (χ4v) is 2.36. The number of anilines is 1. The molecule has 1 aromatic rings. The summed E-state index contributed by atoms with van der Waals surface area (Å²) in [6.45, 7) is 3.28. The molecule has 0 atom stereocenters. The van der Waals surface area contributed by atoms with Crippen LogP contribution in [-0.4, -0.2) is 21.5 Å². The molecule has 17 heavy (non-hydrogen) atoms. The molecule has 4 nitrogen and oxygen atoms in total. The second-order valence-electron chi connectivity index (χ2n) is 5.02. The van der Waals surface area contributed by atoms with Crippen molar-refractivity contribution in [1.82, 2.24) is 9.97 Å². The lowest BCUT2D eigenvalue weighted by molar-refractivity contribution is 0.361. The number of nitrogens with one attached hydrogen (secondary N) is 1. The predicted octanol–water partition coefficient (Wildman–Crippen LogP) is 2.10. The molecule has 1 aliphatic rings. The number of rotatable bonds is 4. The van der Waals surface area contributed by atoms with Crippen molar-refractivity contribution < 1.29 is 0 Å². The highest BCUT2D eigenvalue weighted by atomic mass is 32.1. The molecule has 1 aromatic heterocycles.